The Morgan fingerprint density at radius 2 is 1.91 bits per heavy atom. The lowest BCUT2D eigenvalue weighted by Gasteiger charge is -2.09. The van der Waals surface area contributed by atoms with Crippen LogP contribution in [-0.4, -0.2) is 24.9 Å². The van der Waals surface area contributed by atoms with Crippen LogP contribution in [0.3, 0.4) is 0 Å². The summed E-state index contributed by atoms with van der Waals surface area (Å²) in [5.74, 6) is 0.988. The summed E-state index contributed by atoms with van der Waals surface area (Å²) in [7, 11) is 0. The van der Waals surface area contributed by atoms with E-state index >= 15 is 0 Å². The first-order valence-electron chi connectivity index (χ1n) is 4.35. The van der Waals surface area contributed by atoms with Crippen molar-refractivity contribution in [3.63, 3.8) is 0 Å². The molecule has 0 spiro atoms. The van der Waals surface area contributed by atoms with E-state index in [1.807, 2.05) is 6.92 Å². The fourth-order valence-electron chi connectivity index (χ4n) is 0.695. The quantitative estimate of drug-likeness (QED) is 0.599. The molecule has 0 saturated heterocycles. The lowest BCUT2D eigenvalue weighted by molar-refractivity contribution is 0.0908. The molecule has 0 rings (SSSR count). The summed E-state index contributed by atoms with van der Waals surface area (Å²) in [4.78, 5) is 0. The predicted octanol–water partition coefficient (Wildman–Crippen LogP) is 1.68. The smallest absolute Gasteiger partial charge is 0.0488 e. The fraction of sp³-hybridized carbons (Fsp3) is 1.00. The Kier molecular flexibility index (Phi) is 6.57. The zero-order valence-corrected chi connectivity index (χ0v) is 7.84. The molecule has 0 aromatic heterocycles. The highest BCUT2D eigenvalue weighted by molar-refractivity contribution is 4.49. The maximum atomic E-state index is 8.69. The molecule has 0 aliphatic rings. The maximum absolute atomic E-state index is 8.69. The van der Waals surface area contributed by atoms with Crippen LogP contribution in [0, 0.1) is 11.8 Å². The highest BCUT2D eigenvalue weighted by Crippen LogP contribution is 2.01. The number of ether oxygens (including phenoxy) is 1. The van der Waals surface area contributed by atoms with Crippen molar-refractivity contribution in [1.29, 1.82) is 0 Å². The molecule has 0 heterocycles. The third-order valence-electron chi connectivity index (χ3n) is 1.52. The van der Waals surface area contributed by atoms with Gasteiger partial charge in [-0.2, -0.15) is 0 Å². The molecule has 0 amide bonds. The Balaban J connectivity index is 3.01. The molecule has 2 nitrogen and oxygen atoms in total. The van der Waals surface area contributed by atoms with E-state index in [4.69, 9.17) is 9.84 Å². The van der Waals surface area contributed by atoms with Gasteiger partial charge in [-0.15, -0.1) is 0 Å². The average Bonchev–Trinajstić information content (AvgIpc) is 1.97. The van der Waals surface area contributed by atoms with Crippen LogP contribution in [0.2, 0.25) is 0 Å². The van der Waals surface area contributed by atoms with Gasteiger partial charge in [0.15, 0.2) is 0 Å². The number of aliphatic hydroxyl groups is 1. The summed E-state index contributed by atoms with van der Waals surface area (Å²) in [6, 6.07) is 0. The molecule has 1 N–H and O–H groups in total. The van der Waals surface area contributed by atoms with Gasteiger partial charge in [0.25, 0.3) is 0 Å². The Morgan fingerprint density at radius 1 is 1.27 bits per heavy atom. The van der Waals surface area contributed by atoms with Gasteiger partial charge in [0.2, 0.25) is 0 Å². The second-order valence-corrected chi connectivity index (χ2v) is 3.55. The van der Waals surface area contributed by atoms with Crippen LogP contribution >= 0.6 is 0 Å². The predicted molar refractivity (Wildman–Crippen MR) is 46.5 cm³/mol. The van der Waals surface area contributed by atoms with E-state index in [1.54, 1.807) is 0 Å². The third kappa shape index (κ3) is 7.82. The average molecular weight is 160 g/mol. The molecule has 1 unspecified atom stereocenters. The van der Waals surface area contributed by atoms with Gasteiger partial charge < -0.3 is 9.84 Å². The minimum atomic E-state index is 0.269. The SMILES string of the molecule is CC(C)COCCC(C)CO. The van der Waals surface area contributed by atoms with E-state index in [0.29, 0.717) is 11.8 Å². The molecule has 1 atom stereocenters. The van der Waals surface area contributed by atoms with E-state index in [2.05, 4.69) is 13.8 Å². The van der Waals surface area contributed by atoms with Gasteiger partial charge in [-0.3, -0.25) is 0 Å². The summed E-state index contributed by atoms with van der Waals surface area (Å²) in [6.45, 7) is 8.17. The van der Waals surface area contributed by atoms with E-state index in [1.165, 1.54) is 0 Å². The summed E-state index contributed by atoms with van der Waals surface area (Å²) < 4.78 is 5.36. The van der Waals surface area contributed by atoms with Crippen molar-refractivity contribution in [2.45, 2.75) is 27.2 Å². The van der Waals surface area contributed by atoms with Crippen LogP contribution in [0.25, 0.3) is 0 Å². The molecular formula is C9H20O2. The summed E-state index contributed by atoms with van der Waals surface area (Å²) in [6.07, 6.45) is 0.962. The minimum Gasteiger partial charge on any atom is -0.396 e. The molecule has 68 valence electrons. The van der Waals surface area contributed by atoms with Crippen LogP contribution in [0.1, 0.15) is 27.2 Å². The van der Waals surface area contributed by atoms with Crippen molar-refractivity contribution in [2.75, 3.05) is 19.8 Å². The third-order valence-corrected chi connectivity index (χ3v) is 1.52. The first-order chi connectivity index (χ1) is 5.16. The van der Waals surface area contributed by atoms with Gasteiger partial charge in [0.05, 0.1) is 0 Å². The maximum Gasteiger partial charge on any atom is 0.0488 e. The molecule has 0 aliphatic heterocycles. The fourth-order valence-corrected chi connectivity index (χ4v) is 0.695. The first kappa shape index (κ1) is 10.9. The van der Waals surface area contributed by atoms with E-state index in [-0.39, 0.29) is 6.61 Å². The second-order valence-electron chi connectivity index (χ2n) is 3.55. The standard InChI is InChI=1S/C9H20O2/c1-8(2)7-11-5-4-9(3)6-10/h8-10H,4-7H2,1-3H3. The van der Waals surface area contributed by atoms with Crippen LogP contribution in [0.15, 0.2) is 0 Å². The highest BCUT2D eigenvalue weighted by Gasteiger charge is 1.99. The second kappa shape index (κ2) is 6.62. The molecule has 0 aromatic rings. The monoisotopic (exact) mass is 160 g/mol. The van der Waals surface area contributed by atoms with Gasteiger partial charge in [-0.25, -0.2) is 0 Å². The Bertz CT molecular complexity index is 81.6. The van der Waals surface area contributed by atoms with Gasteiger partial charge in [-0.05, 0) is 18.3 Å². The Labute approximate surface area is 69.6 Å². The van der Waals surface area contributed by atoms with Gasteiger partial charge >= 0.3 is 0 Å². The molecule has 0 radical (unpaired) electrons. The number of aliphatic hydroxyl groups excluding tert-OH is 1. The topological polar surface area (TPSA) is 29.5 Å². The first-order valence-corrected chi connectivity index (χ1v) is 4.35. The Hall–Kier alpha value is -0.0800. The van der Waals surface area contributed by atoms with Crippen molar-refractivity contribution < 1.29 is 9.84 Å². The van der Waals surface area contributed by atoms with Crippen molar-refractivity contribution in [2.24, 2.45) is 11.8 Å². The molecule has 11 heavy (non-hydrogen) atoms. The lowest BCUT2D eigenvalue weighted by atomic mass is 10.1. The molecule has 0 bridgehead atoms. The number of hydrogen-bond acceptors (Lipinski definition) is 2. The molecule has 0 saturated carbocycles. The van der Waals surface area contributed by atoms with Crippen LogP contribution < -0.4 is 0 Å². The van der Waals surface area contributed by atoms with E-state index < -0.39 is 0 Å². The van der Waals surface area contributed by atoms with Crippen LogP contribution in [0.5, 0.6) is 0 Å². The summed E-state index contributed by atoms with van der Waals surface area (Å²) in [5, 5.41) is 8.69. The molecule has 0 aliphatic carbocycles. The molecule has 0 aromatic carbocycles. The van der Waals surface area contributed by atoms with Crippen molar-refractivity contribution in [1.82, 2.24) is 0 Å². The van der Waals surface area contributed by atoms with Crippen LogP contribution in [-0.2, 0) is 4.74 Å². The zero-order valence-electron chi connectivity index (χ0n) is 7.84. The summed E-state index contributed by atoms with van der Waals surface area (Å²) >= 11 is 0. The molecule has 2 heteroatoms. The molecule has 0 fully saturated rings. The number of hydrogen-bond donors (Lipinski definition) is 1. The molecular weight excluding hydrogens is 140 g/mol. The summed E-state index contributed by atoms with van der Waals surface area (Å²) in [5.41, 5.74) is 0. The highest BCUT2D eigenvalue weighted by atomic mass is 16.5. The van der Waals surface area contributed by atoms with E-state index in [0.717, 1.165) is 19.6 Å². The van der Waals surface area contributed by atoms with Gasteiger partial charge in [0.1, 0.15) is 0 Å². The largest absolute Gasteiger partial charge is 0.396 e. The Morgan fingerprint density at radius 3 is 2.36 bits per heavy atom. The van der Waals surface area contributed by atoms with Gasteiger partial charge in [-0.1, -0.05) is 20.8 Å². The zero-order chi connectivity index (χ0) is 8.69. The van der Waals surface area contributed by atoms with Crippen molar-refractivity contribution >= 4 is 0 Å². The number of rotatable bonds is 6. The van der Waals surface area contributed by atoms with E-state index in [9.17, 15) is 0 Å². The van der Waals surface area contributed by atoms with Crippen molar-refractivity contribution in [3.8, 4) is 0 Å². The minimum absolute atomic E-state index is 0.269. The lowest BCUT2D eigenvalue weighted by Crippen LogP contribution is -2.08. The van der Waals surface area contributed by atoms with Crippen molar-refractivity contribution in [3.05, 3.63) is 0 Å². The van der Waals surface area contributed by atoms with Crippen LogP contribution in [0.4, 0.5) is 0 Å². The normalized spacial score (nSPS) is 13.9. The van der Waals surface area contributed by atoms with Gasteiger partial charge in [0, 0.05) is 19.8 Å².